The van der Waals surface area contributed by atoms with Crippen LogP contribution in [-0.4, -0.2) is 22.7 Å². The van der Waals surface area contributed by atoms with E-state index in [1.165, 1.54) is 6.42 Å². The highest BCUT2D eigenvalue weighted by molar-refractivity contribution is 6.31. The third kappa shape index (κ3) is 2.53. The number of benzene rings is 1. The van der Waals surface area contributed by atoms with Crippen LogP contribution in [0.4, 0.5) is 5.69 Å². The minimum atomic E-state index is 0.256. The van der Waals surface area contributed by atoms with Gasteiger partial charge in [-0.1, -0.05) is 18.0 Å². The van der Waals surface area contributed by atoms with Crippen LogP contribution in [0.5, 0.6) is 0 Å². The molecule has 2 unspecified atom stereocenters. The van der Waals surface area contributed by atoms with Crippen LogP contribution in [0.3, 0.4) is 0 Å². The van der Waals surface area contributed by atoms with Gasteiger partial charge in [0, 0.05) is 40.9 Å². The van der Waals surface area contributed by atoms with Gasteiger partial charge in [0.1, 0.15) is 0 Å². The highest BCUT2D eigenvalue weighted by Crippen LogP contribution is 2.31. The molecule has 0 aliphatic heterocycles. The summed E-state index contributed by atoms with van der Waals surface area (Å²) in [7, 11) is 0. The molecule has 3 rings (SSSR count). The number of nitrogens with zero attached hydrogens (tertiary/aromatic N) is 1. The monoisotopic (exact) mass is 276 g/mol. The number of hydrogen-bond donors (Lipinski definition) is 2. The van der Waals surface area contributed by atoms with Crippen molar-refractivity contribution in [1.29, 1.82) is 0 Å². The number of rotatable bonds is 3. The molecule has 1 aromatic carbocycles. The average molecular weight is 277 g/mol. The van der Waals surface area contributed by atoms with Crippen molar-refractivity contribution in [2.45, 2.75) is 25.3 Å². The Kier molecular flexibility index (Phi) is 3.58. The number of aromatic nitrogens is 1. The number of pyridine rings is 1. The second kappa shape index (κ2) is 5.35. The zero-order chi connectivity index (χ0) is 13.2. The van der Waals surface area contributed by atoms with Gasteiger partial charge in [0.25, 0.3) is 0 Å². The number of aliphatic hydroxyl groups is 1. The first-order chi connectivity index (χ1) is 9.28. The lowest BCUT2D eigenvalue weighted by Crippen LogP contribution is -2.26. The number of anilines is 1. The summed E-state index contributed by atoms with van der Waals surface area (Å²) in [6, 6.07) is 8.10. The van der Waals surface area contributed by atoms with Gasteiger partial charge in [-0.25, -0.2) is 0 Å². The van der Waals surface area contributed by atoms with Crippen molar-refractivity contribution in [3.05, 3.63) is 35.5 Å². The Bertz CT molecular complexity index is 587. The van der Waals surface area contributed by atoms with Crippen molar-refractivity contribution < 1.29 is 5.11 Å². The molecule has 2 atom stereocenters. The van der Waals surface area contributed by atoms with E-state index in [4.69, 9.17) is 11.6 Å². The fourth-order valence-electron chi connectivity index (χ4n) is 2.89. The summed E-state index contributed by atoms with van der Waals surface area (Å²) in [5.41, 5.74) is 1.98. The molecule has 4 heteroatoms. The molecule has 1 aromatic heterocycles. The highest BCUT2D eigenvalue weighted by atomic mass is 35.5. The summed E-state index contributed by atoms with van der Waals surface area (Å²) in [6.45, 7) is 0.256. The van der Waals surface area contributed by atoms with Crippen molar-refractivity contribution in [2.75, 3.05) is 11.9 Å². The Morgan fingerprint density at radius 3 is 3.05 bits per heavy atom. The molecular formula is C15H17ClN2O. The maximum absolute atomic E-state index is 9.39. The number of aliphatic hydroxyl groups excluding tert-OH is 1. The third-order valence-corrected chi connectivity index (χ3v) is 4.17. The molecule has 0 radical (unpaired) electrons. The molecule has 0 saturated heterocycles. The number of halogens is 1. The molecule has 1 aliphatic rings. The van der Waals surface area contributed by atoms with Gasteiger partial charge in [-0.15, -0.1) is 0 Å². The van der Waals surface area contributed by atoms with Crippen molar-refractivity contribution in [3.8, 4) is 0 Å². The zero-order valence-electron chi connectivity index (χ0n) is 10.6. The van der Waals surface area contributed by atoms with E-state index in [0.29, 0.717) is 17.0 Å². The van der Waals surface area contributed by atoms with Crippen LogP contribution in [0.25, 0.3) is 10.9 Å². The molecule has 0 spiro atoms. The SMILES string of the molecule is OCC1CCCC1Nc1ccnc2cc(Cl)ccc12. The van der Waals surface area contributed by atoms with E-state index < -0.39 is 0 Å². The Balaban J connectivity index is 1.92. The Hall–Kier alpha value is -1.32. The maximum atomic E-state index is 9.39. The molecule has 2 N–H and O–H groups in total. The molecule has 1 heterocycles. The fraction of sp³-hybridized carbons (Fsp3) is 0.400. The molecule has 1 fully saturated rings. The quantitative estimate of drug-likeness (QED) is 0.902. The van der Waals surface area contributed by atoms with E-state index >= 15 is 0 Å². The fourth-order valence-corrected chi connectivity index (χ4v) is 3.06. The van der Waals surface area contributed by atoms with E-state index in [-0.39, 0.29) is 6.61 Å². The first-order valence-corrected chi connectivity index (χ1v) is 7.07. The van der Waals surface area contributed by atoms with E-state index in [2.05, 4.69) is 10.3 Å². The summed E-state index contributed by atoms with van der Waals surface area (Å²) >= 11 is 5.99. The van der Waals surface area contributed by atoms with Crippen molar-refractivity contribution in [1.82, 2.24) is 4.98 Å². The third-order valence-electron chi connectivity index (χ3n) is 3.94. The predicted octanol–water partition coefficient (Wildman–Crippen LogP) is 3.46. The largest absolute Gasteiger partial charge is 0.396 e. The lowest BCUT2D eigenvalue weighted by Gasteiger charge is -2.21. The Morgan fingerprint density at radius 2 is 2.21 bits per heavy atom. The molecule has 3 nitrogen and oxygen atoms in total. The van der Waals surface area contributed by atoms with Crippen LogP contribution in [0.1, 0.15) is 19.3 Å². The molecular weight excluding hydrogens is 260 g/mol. The molecule has 0 bridgehead atoms. The number of nitrogens with one attached hydrogen (secondary N) is 1. The molecule has 1 saturated carbocycles. The normalized spacial score (nSPS) is 22.8. The lowest BCUT2D eigenvalue weighted by molar-refractivity contribution is 0.222. The van der Waals surface area contributed by atoms with Crippen LogP contribution in [0, 0.1) is 5.92 Å². The van der Waals surface area contributed by atoms with E-state index in [0.717, 1.165) is 29.4 Å². The summed E-state index contributed by atoms with van der Waals surface area (Å²) < 4.78 is 0. The van der Waals surface area contributed by atoms with Gasteiger partial charge in [-0.3, -0.25) is 4.98 Å². The first kappa shape index (κ1) is 12.7. The van der Waals surface area contributed by atoms with Crippen LogP contribution in [0.2, 0.25) is 5.02 Å². The Labute approximate surface area is 117 Å². The standard InChI is InChI=1S/C15H17ClN2O/c16-11-4-5-12-14(6-7-17-15(12)8-11)18-13-3-1-2-10(13)9-19/h4-8,10,13,19H,1-3,9H2,(H,17,18). The summed E-state index contributed by atoms with van der Waals surface area (Å²) in [4.78, 5) is 4.34. The topological polar surface area (TPSA) is 45.1 Å². The van der Waals surface area contributed by atoms with Gasteiger partial charge in [0.2, 0.25) is 0 Å². The smallest absolute Gasteiger partial charge is 0.0737 e. The number of hydrogen-bond acceptors (Lipinski definition) is 3. The van der Waals surface area contributed by atoms with Gasteiger partial charge in [-0.2, -0.15) is 0 Å². The highest BCUT2D eigenvalue weighted by Gasteiger charge is 2.26. The van der Waals surface area contributed by atoms with Crippen LogP contribution < -0.4 is 5.32 Å². The van der Waals surface area contributed by atoms with Crippen molar-refractivity contribution >= 4 is 28.2 Å². The number of fused-ring (bicyclic) bond motifs is 1. The minimum Gasteiger partial charge on any atom is -0.396 e. The van der Waals surface area contributed by atoms with Gasteiger partial charge >= 0.3 is 0 Å². The summed E-state index contributed by atoms with van der Waals surface area (Å²) in [5.74, 6) is 0.357. The second-order valence-corrected chi connectivity index (χ2v) is 5.58. The van der Waals surface area contributed by atoms with Crippen molar-refractivity contribution in [3.63, 3.8) is 0 Å². The predicted molar refractivity (Wildman–Crippen MR) is 78.6 cm³/mol. The molecule has 0 amide bonds. The Morgan fingerprint density at radius 1 is 1.32 bits per heavy atom. The van der Waals surface area contributed by atoms with Crippen LogP contribution in [-0.2, 0) is 0 Å². The molecule has 1 aliphatic carbocycles. The molecule has 2 aromatic rings. The summed E-state index contributed by atoms with van der Waals surface area (Å²) in [6.07, 6.45) is 5.19. The molecule has 100 valence electrons. The lowest BCUT2D eigenvalue weighted by atomic mass is 10.0. The summed E-state index contributed by atoms with van der Waals surface area (Å²) in [5, 5.41) is 14.7. The van der Waals surface area contributed by atoms with Gasteiger partial charge in [0.15, 0.2) is 0 Å². The van der Waals surface area contributed by atoms with E-state index in [1.807, 2.05) is 24.3 Å². The first-order valence-electron chi connectivity index (χ1n) is 6.69. The maximum Gasteiger partial charge on any atom is 0.0737 e. The second-order valence-electron chi connectivity index (χ2n) is 5.14. The van der Waals surface area contributed by atoms with Gasteiger partial charge in [0.05, 0.1) is 5.52 Å². The van der Waals surface area contributed by atoms with Crippen LogP contribution >= 0.6 is 11.6 Å². The van der Waals surface area contributed by atoms with E-state index in [1.54, 1.807) is 6.20 Å². The zero-order valence-corrected chi connectivity index (χ0v) is 11.4. The molecule has 19 heavy (non-hydrogen) atoms. The minimum absolute atomic E-state index is 0.256. The van der Waals surface area contributed by atoms with E-state index in [9.17, 15) is 5.11 Å². The van der Waals surface area contributed by atoms with Gasteiger partial charge < -0.3 is 10.4 Å². The average Bonchev–Trinajstić information content (AvgIpc) is 2.86. The van der Waals surface area contributed by atoms with Crippen LogP contribution in [0.15, 0.2) is 30.5 Å². The van der Waals surface area contributed by atoms with Crippen molar-refractivity contribution in [2.24, 2.45) is 5.92 Å². The van der Waals surface area contributed by atoms with Gasteiger partial charge in [-0.05, 0) is 37.1 Å².